The number of ketones is 2. The minimum absolute atomic E-state index is 0.156. The van der Waals surface area contributed by atoms with Crippen LogP contribution in [0.25, 0.3) is 6.08 Å². The number of rotatable bonds is 5. The van der Waals surface area contributed by atoms with Crippen LogP contribution in [0, 0.1) is 6.92 Å². The highest BCUT2D eigenvalue weighted by molar-refractivity contribution is 6.09. The fourth-order valence-corrected chi connectivity index (χ4v) is 1.27. The summed E-state index contributed by atoms with van der Waals surface area (Å²) in [6, 6.07) is 5.02. The monoisotopic (exact) mass is 230 g/mol. The summed E-state index contributed by atoms with van der Waals surface area (Å²) < 4.78 is 0. The number of carbonyl (C=O) groups is 2. The Morgan fingerprint density at radius 1 is 1.35 bits per heavy atom. The number of aryl methyl sites for hydroxylation is 1. The van der Waals surface area contributed by atoms with Gasteiger partial charge >= 0.3 is 0 Å². The van der Waals surface area contributed by atoms with E-state index in [0.717, 1.165) is 17.2 Å². The van der Waals surface area contributed by atoms with Gasteiger partial charge in [-0.25, -0.2) is 0 Å². The molecule has 88 valence electrons. The van der Waals surface area contributed by atoms with Gasteiger partial charge in [0.25, 0.3) is 0 Å². The molecule has 0 radical (unpaired) electrons. The summed E-state index contributed by atoms with van der Waals surface area (Å²) in [6.45, 7) is 5.07. The van der Waals surface area contributed by atoms with Gasteiger partial charge in [0.1, 0.15) is 5.75 Å². The molecule has 0 aliphatic rings. The molecule has 0 aliphatic carbocycles. The zero-order valence-electron chi connectivity index (χ0n) is 9.64. The molecule has 0 unspecified atom stereocenters. The molecule has 0 saturated carbocycles. The summed E-state index contributed by atoms with van der Waals surface area (Å²) in [5.74, 6) is -0.336. The molecule has 1 N–H and O–H groups in total. The van der Waals surface area contributed by atoms with Gasteiger partial charge in [-0.1, -0.05) is 18.7 Å². The average Bonchev–Trinajstić information content (AvgIpc) is 2.30. The largest absolute Gasteiger partial charge is 0.508 e. The zero-order chi connectivity index (χ0) is 12.8. The maximum atomic E-state index is 11.3. The summed E-state index contributed by atoms with van der Waals surface area (Å²) in [5.41, 5.74) is 1.54. The second-order valence-electron chi connectivity index (χ2n) is 3.69. The Kier molecular flexibility index (Phi) is 4.40. The van der Waals surface area contributed by atoms with Crippen LogP contribution < -0.4 is 0 Å². The van der Waals surface area contributed by atoms with E-state index in [4.69, 9.17) is 0 Å². The topological polar surface area (TPSA) is 54.4 Å². The SMILES string of the molecule is C=CC(=O)CC(=O)/C=C/c1ccc(O)c(C)c1. The fourth-order valence-electron chi connectivity index (χ4n) is 1.27. The molecule has 0 spiro atoms. The Morgan fingerprint density at radius 3 is 2.65 bits per heavy atom. The van der Waals surface area contributed by atoms with E-state index in [2.05, 4.69) is 6.58 Å². The number of phenols is 1. The second kappa shape index (κ2) is 5.80. The number of hydrogen-bond acceptors (Lipinski definition) is 3. The van der Waals surface area contributed by atoms with E-state index < -0.39 is 0 Å². The second-order valence-corrected chi connectivity index (χ2v) is 3.69. The molecular formula is C14H14O3. The van der Waals surface area contributed by atoms with E-state index in [1.807, 2.05) is 0 Å². The molecule has 0 bridgehead atoms. The Labute approximate surface area is 100 Å². The van der Waals surface area contributed by atoms with Gasteiger partial charge in [0, 0.05) is 0 Å². The quantitative estimate of drug-likeness (QED) is 0.624. The molecule has 0 aromatic heterocycles. The molecule has 0 amide bonds. The summed E-state index contributed by atoms with van der Waals surface area (Å²) in [5, 5.41) is 9.33. The molecular weight excluding hydrogens is 216 g/mol. The van der Waals surface area contributed by atoms with Crippen LogP contribution in [-0.4, -0.2) is 16.7 Å². The maximum absolute atomic E-state index is 11.3. The Hall–Kier alpha value is -2.16. The van der Waals surface area contributed by atoms with Crippen LogP contribution in [-0.2, 0) is 9.59 Å². The van der Waals surface area contributed by atoms with Gasteiger partial charge in [0.15, 0.2) is 11.6 Å². The molecule has 1 aromatic carbocycles. The molecule has 3 nitrogen and oxygen atoms in total. The van der Waals surface area contributed by atoms with Gasteiger partial charge in [-0.15, -0.1) is 0 Å². The molecule has 17 heavy (non-hydrogen) atoms. The smallest absolute Gasteiger partial charge is 0.163 e. The first-order valence-corrected chi connectivity index (χ1v) is 5.18. The third-order valence-corrected chi connectivity index (χ3v) is 2.26. The van der Waals surface area contributed by atoms with E-state index >= 15 is 0 Å². The lowest BCUT2D eigenvalue weighted by Gasteiger charge is -1.99. The van der Waals surface area contributed by atoms with Crippen LogP contribution >= 0.6 is 0 Å². The number of carbonyl (C=O) groups excluding carboxylic acids is 2. The zero-order valence-corrected chi connectivity index (χ0v) is 9.64. The summed E-state index contributed by atoms with van der Waals surface area (Å²) in [6.07, 6.45) is 3.95. The first kappa shape index (κ1) is 12.9. The van der Waals surface area contributed by atoms with Crippen molar-refractivity contribution in [2.45, 2.75) is 13.3 Å². The summed E-state index contributed by atoms with van der Waals surface area (Å²) in [7, 11) is 0. The van der Waals surface area contributed by atoms with Gasteiger partial charge in [0.2, 0.25) is 0 Å². The third-order valence-electron chi connectivity index (χ3n) is 2.26. The van der Waals surface area contributed by atoms with Crippen LogP contribution in [0.3, 0.4) is 0 Å². The van der Waals surface area contributed by atoms with Crippen molar-refractivity contribution in [2.24, 2.45) is 0 Å². The molecule has 0 atom stereocenters. The molecule has 0 aliphatic heterocycles. The molecule has 0 fully saturated rings. The molecule has 0 saturated heterocycles. The minimum atomic E-state index is -0.290. The highest BCUT2D eigenvalue weighted by atomic mass is 16.3. The molecule has 1 aromatic rings. The number of phenolic OH excluding ortho intramolecular Hbond substituents is 1. The lowest BCUT2D eigenvalue weighted by molar-refractivity contribution is -0.121. The Bertz CT molecular complexity index is 484. The van der Waals surface area contributed by atoms with Gasteiger partial charge in [-0.3, -0.25) is 9.59 Å². The average molecular weight is 230 g/mol. The van der Waals surface area contributed by atoms with Crippen LogP contribution in [0.4, 0.5) is 0 Å². The van der Waals surface area contributed by atoms with E-state index in [-0.39, 0.29) is 23.7 Å². The van der Waals surface area contributed by atoms with Gasteiger partial charge in [-0.2, -0.15) is 0 Å². The Balaban J connectivity index is 2.70. The highest BCUT2D eigenvalue weighted by Gasteiger charge is 2.02. The lowest BCUT2D eigenvalue weighted by Crippen LogP contribution is -2.01. The van der Waals surface area contributed by atoms with Crippen molar-refractivity contribution in [3.63, 3.8) is 0 Å². The number of hydrogen-bond donors (Lipinski definition) is 1. The predicted octanol–water partition coefficient (Wildman–Crippen LogP) is 2.43. The van der Waals surface area contributed by atoms with E-state index in [0.29, 0.717) is 0 Å². The number of benzene rings is 1. The van der Waals surface area contributed by atoms with Crippen molar-refractivity contribution in [1.82, 2.24) is 0 Å². The fraction of sp³-hybridized carbons (Fsp3) is 0.143. The predicted molar refractivity (Wildman–Crippen MR) is 66.7 cm³/mol. The van der Waals surface area contributed by atoms with Gasteiger partial charge < -0.3 is 5.11 Å². The van der Waals surface area contributed by atoms with E-state index in [9.17, 15) is 14.7 Å². The van der Waals surface area contributed by atoms with Crippen LogP contribution in [0.2, 0.25) is 0 Å². The van der Waals surface area contributed by atoms with Crippen molar-refractivity contribution in [2.75, 3.05) is 0 Å². The van der Waals surface area contributed by atoms with E-state index in [1.54, 1.807) is 31.2 Å². The number of aromatic hydroxyl groups is 1. The van der Waals surface area contributed by atoms with Crippen LogP contribution in [0.15, 0.2) is 36.9 Å². The van der Waals surface area contributed by atoms with Crippen molar-refractivity contribution in [1.29, 1.82) is 0 Å². The van der Waals surface area contributed by atoms with E-state index in [1.165, 1.54) is 6.08 Å². The number of allylic oxidation sites excluding steroid dienone is 2. The summed E-state index contributed by atoms with van der Waals surface area (Å²) >= 11 is 0. The van der Waals surface area contributed by atoms with Crippen LogP contribution in [0.1, 0.15) is 17.5 Å². The first-order valence-electron chi connectivity index (χ1n) is 5.18. The third kappa shape index (κ3) is 4.07. The minimum Gasteiger partial charge on any atom is -0.508 e. The summed E-state index contributed by atoms with van der Waals surface area (Å²) in [4.78, 5) is 22.3. The first-order chi connectivity index (χ1) is 8.02. The van der Waals surface area contributed by atoms with Crippen molar-refractivity contribution in [3.05, 3.63) is 48.1 Å². The normalized spacial score (nSPS) is 10.4. The van der Waals surface area contributed by atoms with Gasteiger partial charge in [-0.05, 0) is 42.3 Å². The van der Waals surface area contributed by atoms with Crippen molar-refractivity contribution >= 4 is 17.6 Å². The molecule has 3 heteroatoms. The lowest BCUT2D eigenvalue weighted by atomic mass is 10.1. The van der Waals surface area contributed by atoms with Crippen LogP contribution in [0.5, 0.6) is 5.75 Å². The Morgan fingerprint density at radius 2 is 2.06 bits per heavy atom. The maximum Gasteiger partial charge on any atom is 0.163 e. The van der Waals surface area contributed by atoms with Gasteiger partial charge in [0.05, 0.1) is 6.42 Å². The highest BCUT2D eigenvalue weighted by Crippen LogP contribution is 2.17. The van der Waals surface area contributed by atoms with Crippen molar-refractivity contribution < 1.29 is 14.7 Å². The molecule has 0 heterocycles. The molecule has 1 rings (SSSR count). The van der Waals surface area contributed by atoms with Crippen molar-refractivity contribution in [3.8, 4) is 5.75 Å². The standard InChI is InChI=1S/C14H14O3/c1-3-12(15)9-13(16)6-4-11-5-7-14(17)10(2)8-11/h3-8,17H,1,9H2,2H3/b6-4+.